The first kappa shape index (κ1) is 17.5. The highest BCUT2D eigenvalue weighted by Crippen LogP contribution is 2.23. The van der Waals surface area contributed by atoms with Crippen molar-refractivity contribution in [3.8, 4) is 0 Å². The highest BCUT2D eigenvalue weighted by Gasteiger charge is 2.30. The van der Waals surface area contributed by atoms with Crippen LogP contribution in [0.4, 0.5) is 10.5 Å². The lowest BCUT2D eigenvalue weighted by atomic mass is 10.2. The highest BCUT2D eigenvalue weighted by atomic mass is 35.5. The third kappa shape index (κ3) is 4.57. The van der Waals surface area contributed by atoms with Crippen molar-refractivity contribution in [1.29, 1.82) is 0 Å². The molecule has 8 heteroatoms. The Bertz CT molecular complexity index is 582. The average Bonchev–Trinajstić information content (AvgIpc) is 2.96. The third-order valence-corrected chi connectivity index (χ3v) is 3.76. The Morgan fingerprint density at radius 2 is 2.17 bits per heavy atom. The Hall–Kier alpha value is -1.83. The van der Waals surface area contributed by atoms with E-state index in [1.54, 1.807) is 12.1 Å². The Morgan fingerprint density at radius 3 is 2.87 bits per heavy atom. The summed E-state index contributed by atoms with van der Waals surface area (Å²) in [5.74, 6) is -0.259. The van der Waals surface area contributed by atoms with Crippen LogP contribution in [0.5, 0.6) is 0 Å². The lowest BCUT2D eigenvalue weighted by Gasteiger charge is -2.19. The van der Waals surface area contributed by atoms with Crippen LogP contribution < -0.4 is 16.0 Å². The molecule has 1 saturated heterocycles. The van der Waals surface area contributed by atoms with Gasteiger partial charge in [-0.05, 0) is 25.1 Å². The van der Waals surface area contributed by atoms with Gasteiger partial charge in [0.15, 0.2) is 0 Å². The molecule has 2 atom stereocenters. The smallest absolute Gasteiger partial charge is 0.319 e. The van der Waals surface area contributed by atoms with Gasteiger partial charge in [0.25, 0.3) is 5.91 Å². The molecular weight excluding hydrogens is 322 g/mol. The zero-order valence-electron chi connectivity index (χ0n) is 13.0. The maximum absolute atomic E-state index is 12.1. The normalized spacial score (nSPS) is 20.1. The van der Waals surface area contributed by atoms with Gasteiger partial charge in [-0.3, -0.25) is 4.79 Å². The molecule has 7 nitrogen and oxygen atoms in total. The first-order valence-corrected chi connectivity index (χ1v) is 7.71. The van der Waals surface area contributed by atoms with Crippen molar-refractivity contribution < 1.29 is 19.1 Å². The fourth-order valence-electron chi connectivity index (χ4n) is 2.28. The summed E-state index contributed by atoms with van der Waals surface area (Å²) < 4.78 is 10.8. The Balaban J connectivity index is 2.01. The summed E-state index contributed by atoms with van der Waals surface area (Å²) in [6, 6.07) is 4.01. The van der Waals surface area contributed by atoms with E-state index in [4.69, 9.17) is 21.1 Å². The molecule has 126 valence electrons. The summed E-state index contributed by atoms with van der Waals surface area (Å²) in [5.41, 5.74) is 0.765. The number of hydrogen-bond donors (Lipinski definition) is 3. The molecule has 0 aliphatic carbocycles. The molecule has 1 aromatic rings. The molecule has 0 saturated carbocycles. The first-order chi connectivity index (χ1) is 11.0. The van der Waals surface area contributed by atoms with Crippen LogP contribution in [0, 0.1) is 0 Å². The fraction of sp³-hybridized carbons (Fsp3) is 0.467. The molecule has 1 aliphatic rings. The Kier molecular flexibility index (Phi) is 6.20. The van der Waals surface area contributed by atoms with Crippen LogP contribution in [0.3, 0.4) is 0 Å². The fourth-order valence-corrected chi connectivity index (χ4v) is 2.45. The van der Waals surface area contributed by atoms with E-state index in [0.29, 0.717) is 36.1 Å². The number of nitrogens with one attached hydrogen (secondary N) is 3. The topological polar surface area (TPSA) is 88.7 Å². The molecular formula is C15H20ClN3O4. The SMILES string of the molecule is CCO[C@@H]1COC[C@H]1NC(=O)Nc1cc(C(=O)NC)ccc1Cl. The van der Waals surface area contributed by atoms with E-state index in [0.717, 1.165) is 0 Å². The van der Waals surface area contributed by atoms with E-state index in [1.807, 2.05) is 6.92 Å². The number of carbonyl (C=O) groups is 2. The van der Waals surface area contributed by atoms with E-state index >= 15 is 0 Å². The number of benzene rings is 1. The van der Waals surface area contributed by atoms with Crippen LogP contribution in [-0.2, 0) is 9.47 Å². The van der Waals surface area contributed by atoms with Gasteiger partial charge in [0.05, 0.1) is 30.0 Å². The number of rotatable bonds is 5. The van der Waals surface area contributed by atoms with Crippen molar-refractivity contribution >= 4 is 29.2 Å². The minimum atomic E-state index is -0.429. The average molecular weight is 342 g/mol. The second-order valence-electron chi connectivity index (χ2n) is 5.01. The van der Waals surface area contributed by atoms with Crippen molar-refractivity contribution in [2.75, 3.05) is 32.2 Å². The third-order valence-electron chi connectivity index (χ3n) is 3.43. The van der Waals surface area contributed by atoms with Crippen molar-refractivity contribution in [2.24, 2.45) is 0 Å². The molecule has 0 spiro atoms. The second-order valence-corrected chi connectivity index (χ2v) is 5.42. The minimum Gasteiger partial charge on any atom is -0.376 e. The monoisotopic (exact) mass is 341 g/mol. The molecule has 0 bridgehead atoms. The summed E-state index contributed by atoms with van der Waals surface area (Å²) in [7, 11) is 1.53. The Morgan fingerprint density at radius 1 is 1.39 bits per heavy atom. The summed E-state index contributed by atoms with van der Waals surface area (Å²) in [6.07, 6.45) is -0.168. The van der Waals surface area contributed by atoms with Crippen LogP contribution in [0.15, 0.2) is 18.2 Å². The highest BCUT2D eigenvalue weighted by molar-refractivity contribution is 6.33. The molecule has 3 amide bonds. The van der Waals surface area contributed by atoms with Gasteiger partial charge in [-0.15, -0.1) is 0 Å². The molecule has 0 radical (unpaired) electrons. The van der Waals surface area contributed by atoms with E-state index in [1.165, 1.54) is 13.1 Å². The van der Waals surface area contributed by atoms with E-state index in [-0.39, 0.29) is 18.1 Å². The number of hydrogen-bond acceptors (Lipinski definition) is 4. The van der Waals surface area contributed by atoms with Gasteiger partial charge >= 0.3 is 6.03 Å². The number of halogens is 1. The van der Waals surface area contributed by atoms with Crippen molar-refractivity contribution in [2.45, 2.75) is 19.1 Å². The van der Waals surface area contributed by atoms with Gasteiger partial charge < -0.3 is 25.4 Å². The number of ether oxygens (including phenoxy) is 2. The van der Waals surface area contributed by atoms with Crippen LogP contribution in [0.2, 0.25) is 5.02 Å². The van der Waals surface area contributed by atoms with Gasteiger partial charge in [-0.2, -0.15) is 0 Å². The number of urea groups is 1. The van der Waals surface area contributed by atoms with Crippen LogP contribution >= 0.6 is 11.6 Å². The molecule has 0 unspecified atom stereocenters. The van der Waals surface area contributed by atoms with E-state index in [9.17, 15) is 9.59 Å². The van der Waals surface area contributed by atoms with Crippen LogP contribution in [0.25, 0.3) is 0 Å². The van der Waals surface area contributed by atoms with E-state index in [2.05, 4.69) is 16.0 Å². The molecule has 1 fully saturated rings. The van der Waals surface area contributed by atoms with Gasteiger partial charge in [-0.25, -0.2) is 4.79 Å². The molecule has 1 heterocycles. The summed E-state index contributed by atoms with van der Waals surface area (Å²) in [4.78, 5) is 23.8. The predicted molar refractivity (Wildman–Crippen MR) is 87.0 cm³/mol. The predicted octanol–water partition coefficient (Wildman–Crippen LogP) is 1.63. The largest absolute Gasteiger partial charge is 0.376 e. The summed E-state index contributed by atoms with van der Waals surface area (Å²) >= 11 is 6.06. The molecule has 0 aromatic heterocycles. The molecule has 23 heavy (non-hydrogen) atoms. The number of amides is 3. The van der Waals surface area contributed by atoms with Gasteiger partial charge in [0, 0.05) is 19.2 Å². The summed E-state index contributed by atoms with van der Waals surface area (Å²) in [5, 5.41) is 8.30. The van der Waals surface area contributed by atoms with Crippen LogP contribution in [-0.4, -0.2) is 51.0 Å². The molecule has 1 aliphatic heterocycles. The minimum absolute atomic E-state index is 0.168. The van der Waals surface area contributed by atoms with E-state index < -0.39 is 6.03 Å². The van der Waals surface area contributed by atoms with Gasteiger partial charge in [0.1, 0.15) is 6.10 Å². The Labute approximate surface area is 139 Å². The lowest BCUT2D eigenvalue weighted by molar-refractivity contribution is 0.0428. The quantitative estimate of drug-likeness (QED) is 0.759. The maximum atomic E-state index is 12.1. The zero-order chi connectivity index (χ0) is 16.8. The van der Waals surface area contributed by atoms with Crippen molar-refractivity contribution in [3.05, 3.63) is 28.8 Å². The standard InChI is InChI=1S/C15H20ClN3O4/c1-3-23-13-8-22-7-12(13)19-15(21)18-11-6-9(14(20)17-2)4-5-10(11)16/h4-6,12-13H,3,7-8H2,1-2H3,(H,17,20)(H2,18,19,21)/t12-,13-/m1/s1. The van der Waals surface area contributed by atoms with Crippen molar-refractivity contribution in [3.63, 3.8) is 0 Å². The first-order valence-electron chi connectivity index (χ1n) is 7.33. The molecule has 2 rings (SSSR count). The van der Waals surface area contributed by atoms with Crippen LogP contribution in [0.1, 0.15) is 17.3 Å². The molecule has 1 aromatic carbocycles. The summed E-state index contributed by atoms with van der Waals surface area (Å²) in [6.45, 7) is 3.28. The second kappa shape index (κ2) is 8.14. The number of carbonyl (C=O) groups excluding carboxylic acids is 2. The van der Waals surface area contributed by atoms with Gasteiger partial charge in [-0.1, -0.05) is 11.6 Å². The number of anilines is 1. The lowest BCUT2D eigenvalue weighted by Crippen LogP contribution is -2.45. The van der Waals surface area contributed by atoms with Crippen molar-refractivity contribution in [1.82, 2.24) is 10.6 Å². The maximum Gasteiger partial charge on any atom is 0.319 e. The zero-order valence-corrected chi connectivity index (χ0v) is 13.8. The molecule has 3 N–H and O–H groups in total. The van der Waals surface area contributed by atoms with Gasteiger partial charge in [0.2, 0.25) is 0 Å².